The summed E-state index contributed by atoms with van der Waals surface area (Å²) in [6.07, 6.45) is -4.75. The first-order valence-electron chi connectivity index (χ1n) is 8.11. The van der Waals surface area contributed by atoms with Gasteiger partial charge in [0.25, 0.3) is 10.0 Å². The van der Waals surface area contributed by atoms with Gasteiger partial charge in [0.1, 0.15) is 5.69 Å². The number of nitrogens with one attached hydrogen (secondary N) is 1. The van der Waals surface area contributed by atoms with Crippen molar-refractivity contribution in [3.8, 4) is 17.2 Å². The van der Waals surface area contributed by atoms with E-state index in [1.165, 1.54) is 21.3 Å². The molecule has 0 saturated carbocycles. The summed E-state index contributed by atoms with van der Waals surface area (Å²) >= 11 is 0. The summed E-state index contributed by atoms with van der Waals surface area (Å²) in [5.41, 5.74) is -1.85. The van der Waals surface area contributed by atoms with Crippen LogP contribution in [0, 0.1) is 0 Å². The fraction of sp³-hybridized carbons (Fsp3) is 0.278. The third-order valence-corrected chi connectivity index (χ3v) is 5.29. The zero-order valence-corrected chi connectivity index (χ0v) is 17.1. The lowest BCUT2D eigenvalue weighted by molar-refractivity contribution is -0.137. The summed E-state index contributed by atoms with van der Waals surface area (Å²) in [5, 5.41) is 0. The molecule has 164 valence electrons. The fourth-order valence-corrected chi connectivity index (χ4v) is 3.69. The van der Waals surface area contributed by atoms with Crippen molar-refractivity contribution in [1.29, 1.82) is 0 Å². The van der Waals surface area contributed by atoms with Crippen molar-refractivity contribution in [1.82, 2.24) is 0 Å². The number of rotatable bonds is 7. The molecule has 0 radical (unpaired) electrons. The maximum Gasteiger partial charge on any atom is 0.416 e. The first-order chi connectivity index (χ1) is 14.0. The molecule has 0 bridgehead atoms. The number of carbonyl (C=O) groups excluding carboxylic acids is 1. The van der Waals surface area contributed by atoms with E-state index in [2.05, 4.69) is 9.46 Å². The van der Waals surface area contributed by atoms with Gasteiger partial charge in [-0.15, -0.1) is 0 Å². The number of halogens is 3. The second kappa shape index (κ2) is 8.69. The van der Waals surface area contributed by atoms with Crippen LogP contribution in [-0.2, 0) is 20.9 Å². The van der Waals surface area contributed by atoms with Crippen molar-refractivity contribution < 1.29 is 45.3 Å². The molecule has 30 heavy (non-hydrogen) atoms. The van der Waals surface area contributed by atoms with Gasteiger partial charge in [-0.1, -0.05) is 6.07 Å². The maximum atomic E-state index is 13.0. The van der Waals surface area contributed by atoms with E-state index in [1.807, 2.05) is 0 Å². The number of sulfonamides is 1. The molecule has 0 aliphatic rings. The number of anilines is 1. The van der Waals surface area contributed by atoms with Gasteiger partial charge in [-0.25, -0.2) is 13.2 Å². The lowest BCUT2D eigenvalue weighted by atomic mass is 10.1. The predicted molar refractivity (Wildman–Crippen MR) is 99.7 cm³/mol. The van der Waals surface area contributed by atoms with Crippen molar-refractivity contribution in [2.24, 2.45) is 0 Å². The summed E-state index contributed by atoms with van der Waals surface area (Å²) in [5.74, 6) is -1.19. The van der Waals surface area contributed by atoms with Gasteiger partial charge >= 0.3 is 12.1 Å². The minimum absolute atomic E-state index is 0.0387. The molecular weight excluding hydrogens is 431 g/mol. The zero-order chi connectivity index (χ0) is 22.7. The Hall–Kier alpha value is -3.15. The van der Waals surface area contributed by atoms with Gasteiger partial charge in [-0.3, -0.25) is 4.72 Å². The normalized spacial score (nSPS) is 11.6. The van der Waals surface area contributed by atoms with Crippen molar-refractivity contribution in [2.45, 2.75) is 11.1 Å². The Bertz CT molecular complexity index is 1050. The first kappa shape index (κ1) is 23.1. The molecule has 0 saturated heterocycles. The lowest BCUT2D eigenvalue weighted by Crippen LogP contribution is -2.18. The Morgan fingerprint density at radius 1 is 0.967 bits per heavy atom. The summed E-state index contributed by atoms with van der Waals surface area (Å²) in [6, 6.07) is 4.27. The van der Waals surface area contributed by atoms with Crippen LogP contribution in [0.1, 0.15) is 15.9 Å². The van der Waals surface area contributed by atoms with E-state index in [4.69, 9.17) is 14.2 Å². The molecule has 0 atom stereocenters. The van der Waals surface area contributed by atoms with Crippen molar-refractivity contribution >= 4 is 21.7 Å². The van der Waals surface area contributed by atoms with Gasteiger partial charge in [0.2, 0.25) is 5.75 Å². The monoisotopic (exact) mass is 449 g/mol. The summed E-state index contributed by atoms with van der Waals surface area (Å²) < 4.78 is 86.8. The molecule has 1 N–H and O–H groups in total. The second-order valence-electron chi connectivity index (χ2n) is 5.69. The molecule has 8 nitrogen and oxygen atoms in total. The van der Waals surface area contributed by atoms with Gasteiger partial charge in [0.15, 0.2) is 11.5 Å². The minimum atomic E-state index is -4.75. The fourth-order valence-electron chi connectivity index (χ4n) is 2.56. The zero-order valence-electron chi connectivity index (χ0n) is 16.3. The van der Waals surface area contributed by atoms with Gasteiger partial charge in [0.05, 0.1) is 44.5 Å². The number of methoxy groups -OCH3 is 4. The highest BCUT2D eigenvalue weighted by Gasteiger charge is 2.33. The van der Waals surface area contributed by atoms with Crippen LogP contribution in [0.5, 0.6) is 17.2 Å². The van der Waals surface area contributed by atoms with Crippen LogP contribution < -0.4 is 18.9 Å². The summed E-state index contributed by atoms with van der Waals surface area (Å²) in [4.78, 5) is 11.5. The number of hydrogen-bond donors (Lipinski definition) is 1. The molecule has 2 rings (SSSR count). The van der Waals surface area contributed by atoms with Crippen LogP contribution in [0.4, 0.5) is 18.9 Å². The second-order valence-corrected chi connectivity index (χ2v) is 7.37. The third-order valence-electron chi connectivity index (χ3n) is 3.94. The van der Waals surface area contributed by atoms with E-state index in [0.29, 0.717) is 6.07 Å². The minimum Gasteiger partial charge on any atom is -0.493 e. The standard InChI is InChI=1S/C18H18F3NO7S/c1-26-13-9-12(17(23)29-4)14(16(28-3)15(13)27-2)22-30(24,25)11-7-5-6-10(8-11)18(19,20)21/h5-9,22H,1-4H3. The Morgan fingerprint density at radius 2 is 1.60 bits per heavy atom. The number of alkyl halides is 3. The molecule has 0 amide bonds. The van der Waals surface area contributed by atoms with Gasteiger partial charge in [-0.2, -0.15) is 13.2 Å². The van der Waals surface area contributed by atoms with Gasteiger partial charge < -0.3 is 18.9 Å². The Kier molecular flexibility index (Phi) is 6.70. The van der Waals surface area contributed by atoms with Gasteiger partial charge in [-0.05, 0) is 18.2 Å². The molecule has 12 heteroatoms. The SMILES string of the molecule is COC(=O)c1cc(OC)c(OC)c(OC)c1NS(=O)(=O)c1cccc(C(F)(F)F)c1. The van der Waals surface area contributed by atoms with Crippen molar-refractivity contribution in [2.75, 3.05) is 33.2 Å². The lowest BCUT2D eigenvalue weighted by Gasteiger charge is -2.20. The van der Waals surface area contributed by atoms with E-state index in [9.17, 15) is 26.4 Å². The largest absolute Gasteiger partial charge is 0.493 e. The van der Waals surface area contributed by atoms with E-state index >= 15 is 0 Å². The highest BCUT2D eigenvalue weighted by Crippen LogP contribution is 2.46. The van der Waals surface area contributed by atoms with E-state index in [0.717, 1.165) is 31.4 Å². The molecule has 0 aliphatic carbocycles. The Labute approximate surface area is 170 Å². The molecule has 2 aromatic rings. The highest BCUT2D eigenvalue weighted by molar-refractivity contribution is 7.92. The number of ether oxygens (including phenoxy) is 4. The van der Waals surface area contributed by atoms with E-state index < -0.39 is 32.6 Å². The molecule has 0 fully saturated rings. The molecule has 0 spiro atoms. The van der Waals surface area contributed by atoms with Crippen LogP contribution in [0.15, 0.2) is 35.2 Å². The number of hydrogen-bond acceptors (Lipinski definition) is 7. The van der Waals surface area contributed by atoms with Gasteiger partial charge in [0, 0.05) is 6.07 Å². The van der Waals surface area contributed by atoms with Crippen LogP contribution in [0.25, 0.3) is 0 Å². The molecule has 0 aromatic heterocycles. The molecular formula is C18H18F3NO7S. The van der Waals surface area contributed by atoms with Crippen LogP contribution in [-0.4, -0.2) is 42.8 Å². The van der Waals surface area contributed by atoms with E-state index in [-0.39, 0.29) is 28.5 Å². The van der Waals surface area contributed by atoms with Crippen LogP contribution >= 0.6 is 0 Å². The summed E-state index contributed by atoms with van der Waals surface area (Å²) in [6.45, 7) is 0. The highest BCUT2D eigenvalue weighted by atomic mass is 32.2. The smallest absolute Gasteiger partial charge is 0.416 e. The molecule has 0 heterocycles. The quantitative estimate of drug-likeness (QED) is 0.648. The topological polar surface area (TPSA) is 100 Å². The average molecular weight is 449 g/mol. The number of benzene rings is 2. The van der Waals surface area contributed by atoms with Crippen molar-refractivity contribution in [3.63, 3.8) is 0 Å². The predicted octanol–water partition coefficient (Wildman–Crippen LogP) is 3.32. The van der Waals surface area contributed by atoms with Crippen LogP contribution in [0.3, 0.4) is 0 Å². The Balaban J connectivity index is 2.70. The van der Waals surface area contributed by atoms with Crippen molar-refractivity contribution in [3.05, 3.63) is 41.5 Å². The summed E-state index contributed by atoms with van der Waals surface area (Å²) in [7, 11) is 0.211. The molecule has 2 aromatic carbocycles. The first-order valence-corrected chi connectivity index (χ1v) is 9.59. The third kappa shape index (κ3) is 4.53. The number of esters is 1. The van der Waals surface area contributed by atoms with E-state index in [1.54, 1.807) is 0 Å². The maximum absolute atomic E-state index is 13.0. The average Bonchev–Trinajstić information content (AvgIpc) is 2.71. The Morgan fingerprint density at radius 3 is 2.10 bits per heavy atom. The van der Waals surface area contributed by atoms with Crippen LogP contribution in [0.2, 0.25) is 0 Å². The number of carbonyl (C=O) groups is 1. The molecule has 0 unspecified atom stereocenters. The molecule has 0 aliphatic heterocycles.